The van der Waals surface area contributed by atoms with Crippen LogP contribution in [0.5, 0.6) is 11.5 Å². The number of alkyl halides is 1. The lowest BCUT2D eigenvalue weighted by Gasteiger charge is -2.11. The van der Waals surface area contributed by atoms with E-state index in [1.54, 1.807) is 18.3 Å². The molecule has 0 amide bonds. The highest BCUT2D eigenvalue weighted by Crippen LogP contribution is 2.32. The molecule has 18 heavy (non-hydrogen) atoms. The van der Waals surface area contributed by atoms with Crippen LogP contribution >= 0.6 is 27.5 Å². The van der Waals surface area contributed by atoms with Crippen LogP contribution in [0.4, 0.5) is 4.39 Å². The Morgan fingerprint density at radius 3 is 2.78 bits per heavy atom. The smallest absolute Gasteiger partial charge is 0.141 e. The maximum absolute atomic E-state index is 13.0. The van der Waals surface area contributed by atoms with Crippen LogP contribution in [0.3, 0.4) is 0 Å². The Bertz CT molecular complexity index is 577. The third-order valence-corrected chi connectivity index (χ3v) is 3.25. The number of aryl methyl sites for hydroxylation is 1. The molecule has 2 aromatic rings. The van der Waals surface area contributed by atoms with Crippen LogP contribution in [0.2, 0.25) is 0 Å². The van der Waals surface area contributed by atoms with E-state index in [0.717, 1.165) is 11.3 Å². The number of halogens is 3. The number of aromatic nitrogens is 1. The monoisotopic (exact) mass is 329 g/mol. The van der Waals surface area contributed by atoms with Gasteiger partial charge in [0.15, 0.2) is 0 Å². The molecule has 94 valence electrons. The van der Waals surface area contributed by atoms with Crippen LogP contribution in [-0.2, 0) is 5.88 Å². The topological polar surface area (TPSA) is 22.1 Å². The summed E-state index contributed by atoms with van der Waals surface area (Å²) in [5, 5.41) is 0. The van der Waals surface area contributed by atoms with Crippen LogP contribution in [0, 0.1) is 12.7 Å². The van der Waals surface area contributed by atoms with Crippen LogP contribution in [0.15, 0.2) is 34.9 Å². The van der Waals surface area contributed by atoms with Gasteiger partial charge in [0, 0.05) is 23.5 Å². The molecule has 1 heterocycles. The first kappa shape index (κ1) is 13.3. The van der Waals surface area contributed by atoms with Gasteiger partial charge < -0.3 is 4.74 Å². The second-order valence-electron chi connectivity index (χ2n) is 3.74. The summed E-state index contributed by atoms with van der Waals surface area (Å²) >= 11 is 9.08. The summed E-state index contributed by atoms with van der Waals surface area (Å²) in [6.07, 6.45) is 1.68. The minimum atomic E-state index is -0.322. The normalized spacial score (nSPS) is 10.4. The zero-order valence-electron chi connectivity index (χ0n) is 9.58. The Hall–Kier alpha value is -1.13. The van der Waals surface area contributed by atoms with E-state index in [-0.39, 0.29) is 5.82 Å². The molecule has 2 rings (SSSR count). The highest BCUT2D eigenvalue weighted by Gasteiger charge is 2.08. The number of hydrogen-bond donors (Lipinski definition) is 0. The van der Waals surface area contributed by atoms with Crippen molar-refractivity contribution in [1.29, 1.82) is 0 Å². The molecule has 0 unspecified atom stereocenters. The largest absolute Gasteiger partial charge is 0.456 e. The molecule has 0 aliphatic carbocycles. The van der Waals surface area contributed by atoms with Crippen molar-refractivity contribution < 1.29 is 9.13 Å². The molecule has 0 saturated carbocycles. The fourth-order valence-electron chi connectivity index (χ4n) is 1.43. The van der Waals surface area contributed by atoms with Crippen molar-refractivity contribution in [2.24, 2.45) is 0 Å². The number of pyridine rings is 1. The zero-order chi connectivity index (χ0) is 13.1. The van der Waals surface area contributed by atoms with Crippen LogP contribution in [-0.4, -0.2) is 4.98 Å². The van der Waals surface area contributed by atoms with E-state index in [0.29, 0.717) is 21.9 Å². The van der Waals surface area contributed by atoms with Crippen molar-refractivity contribution in [2.45, 2.75) is 12.8 Å². The van der Waals surface area contributed by atoms with E-state index in [2.05, 4.69) is 20.9 Å². The van der Waals surface area contributed by atoms with Gasteiger partial charge in [0.1, 0.15) is 17.3 Å². The minimum absolute atomic E-state index is 0.307. The number of rotatable bonds is 3. The Labute approximate surface area is 118 Å². The molecule has 0 fully saturated rings. The first-order chi connectivity index (χ1) is 8.60. The van der Waals surface area contributed by atoms with Gasteiger partial charge in [-0.3, -0.25) is 4.98 Å². The van der Waals surface area contributed by atoms with Gasteiger partial charge in [-0.25, -0.2) is 4.39 Å². The van der Waals surface area contributed by atoms with E-state index >= 15 is 0 Å². The average Bonchev–Trinajstić information content (AvgIpc) is 2.33. The van der Waals surface area contributed by atoms with Gasteiger partial charge in [-0.1, -0.05) is 0 Å². The maximum Gasteiger partial charge on any atom is 0.141 e. The molecular formula is C13H10BrClFNO. The van der Waals surface area contributed by atoms with Gasteiger partial charge in [-0.15, -0.1) is 11.6 Å². The van der Waals surface area contributed by atoms with Gasteiger partial charge in [-0.2, -0.15) is 0 Å². The summed E-state index contributed by atoms with van der Waals surface area (Å²) in [4.78, 5) is 4.15. The Kier molecular flexibility index (Phi) is 4.19. The number of nitrogens with zero attached hydrogens (tertiary/aromatic N) is 1. The summed E-state index contributed by atoms with van der Waals surface area (Å²) in [6, 6.07) is 6.05. The molecule has 0 radical (unpaired) electrons. The van der Waals surface area contributed by atoms with Crippen molar-refractivity contribution in [3.05, 3.63) is 52.0 Å². The van der Waals surface area contributed by atoms with Crippen molar-refractivity contribution in [3.8, 4) is 11.5 Å². The summed E-state index contributed by atoms with van der Waals surface area (Å²) < 4.78 is 19.3. The molecule has 0 aliphatic rings. The second kappa shape index (κ2) is 5.67. The summed E-state index contributed by atoms with van der Waals surface area (Å²) in [6.45, 7) is 1.87. The third kappa shape index (κ3) is 3.00. The van der Waals surface area contributed by atoms with Gasteiger partial charge >= 0.3 is 0 Å². The second-order valence-corrected chi connectivity index (χ2v) is 4.87. The molecule has 1 aromatic heterocycles. The van der Waals surface area contributed by atoms with E-state index in [1.807, 2.05) is 6.92 Å². The summed E-state index contributed by atoms with van der Waals surface area (Å²) in [5.41, 5.74) is 1.62. The molecule has 0 aliphatic heterocycles. The van der Waals surface area contributed by atoms with Gasteiger partial charge in [0.25, 0.3) is 0 Å². The number of ether oxygens (including phenoxy) is 1. The lowest BCUT2D eigenvalue weighted by molar-refractivity contribution is 0.471. The Balaban J connectivity index is 2.36. The molecule has 0 bridgehead atoms. The number of hydrogen-bond acceptors (Lipinski definition) is 2. The predicted octanol–water partition coefficient (Wildman–Crippen LogP) is 4.82. The highest BCUT2D eigenvalue weighted by molar-refractivity contribution is 9.10. The third-order valence-electron chi connectivity index (χ3n) is 2.34. The first-order valence-corrected chi connectivity index (χ1v) is 6.57. The molecule has 0 saturated heterocycles. The van der Waals surface area contributed by atoms with Gasteiger partial charge in [0.05, 0.1) is 10.4 Å². The van der Waals surface area contributed by atoms with Crippen molar-refractivity contribution >= 4 is 27.5 Å². The van der Waals surface area contributed by atoms with E-state index in [1.165, 1.54) is 12.1 Å². The molecule has 0 N–H and O–H groups in total. The predicted molar refractivity (Wildman–Crippen MR) is 72.7 cm³/mol. The van der Waals surface area contributed by atoms with Crippen molar-refractivity contribution in [3.63, 3.8) is 0 Å². The molecular weight excluding hydrogens is 321 g/mol. The highest BCUT2D eigenvalue weighted by atomic mass is 79.9. The molecule has 0 atom stereocenters. The van der Waals surface area contributed by atoms with Crippen LogP contribution in [0.1, 0.15) is 11.3 Å². The van der Waals surface area contributed by atoms with Crippen molar-refractivity contribution in [1.82, 2.24) is 4.98 Å². The quantitative estimate of drug-likeness (QED) is 0.753. The molecule has 0 spiro atoms. The molecule has 5 heteroatoms. The lowest BCUT2D eigenvalue weighted by Crippen LogP contribution is -1.93. The van der Waals surface area contributed by atoms with E-state index < -0.39 is 0 Å². The SMILES string of the molecule is Cc1cc(Oc2ccc(F)cc2Br)c(CCl)cn1. The lowest BCUT2D eigenvalue weighted by atomic mass is 10.2. The van der Waals surface area contributed by atoms with Crippen LogP contribution in [0.25, 0.3) is 0 Å². The average molecular weight is 331 g/mol. The fourth-order valence-corrected chi connectivity index (χ4v) is 2.07. The Morgan fingerprint density at radius 1 is 1.33 bits per heavy atom. The number of benzene rings is 1. The zero-order valence-corrected chi connectivity index (χ0v) is 11.9. The minimum Gasteiger partial charge on any atom is -0.456 e. The maximum atomic E-state index is 13.0. The van der Waals surface area contributed by atoms with Crippen LogP contribution < -0.4 is 4.74 Å². The summed E-state index contributed by atoms with van der Waals surface area (Å²) in [5.74, 6) is 1.15. The Morgan fingerprint density at radius 2 is 2.11 bits per heavy atom. The van der Waals surface area contributed by atoms with E-state index in [9.17, 15) is 4.39 Å². The van der Waals surface area contributed by atoms with Gasteiger partial charge in [0.2, 0.25) is 0 Å². The first-order valence-electron chi connectivity index (χ1n) is 5.24. The van der Waals surface area contributed by atoms with E-state index in [4.69, 9.17) is 16.3 Å². The van der Waals surface area contributed by atoms with Crippen molar-refractivity contribution in [2.75, 3.05) is 0 Å². The summed E-state index contributed by atoms with van der Waals surface area (Å²) in [7, 11) is 0. The molecule has 2 nitrogen and oxygen atoms in total. The van der Waals surface area contributed by atoms with Gasteiger partial charge in [-0.05, 0) is 41.1 Å². The molecule has 1 aromatic carbocycles. The fraction of sp³-hybridized carbons (Fsp3) is 0.154. The standard InChI is InChI=1S/C13H10BrClFNO/c1-8-4-13(9(6-15)7-17-8)18-12-3-2-10(16)5-11(12)14/h2-5,7H,6H2,1H3.